The first-order valence-electron chi connectivity index (χ1n) is 22.2. The second-order valence-electron chi connectivity index (χ2n) is 15.3. The summed E-state index contributed by atoms with van der Waals surface area (Å²) in [6.45, 7) is 4.26. The number of hydrogen-bond donors (Lipinski definition) is 8. The third kappa shape index (κ3) is 31.0. The zero-order valence-electron chi connectivity index (χ0n) is 35.1. The van der Waals surface area contributed by atoms with E-state index in [0.29, 0.717) is 103 Å². The summed E-state index contributed by atoms with van der Waals surface area (Å²) in [6.07, 6.45) is 21.6. The molecule has 12 N–H and O–H groups in total. The van der Waals surface area contributed by atoms with Crippen molar-refractivity contribution in [1.29, 1.82) is 0 Å². The molecule has 0 aromatic carbocycles. The van der Waals surface area contributed by atoms with Crippen LogP contribution in [-0.4, -0.2) is 79.6 Å². The molecule has 3 unspecified atom stereocenters. The minimum atomic E-state index is -0.715. The molecular weight excluding hydrogens is 713 g/mol. The third-order valence-electron chi connectivity index (χ3n) is 10.1. The van der Waals surface area contributed by atoms with Gasteiger partial charge in [0.1, 0.15) is 12.1 Å². The maximum absolute atomic E-state index is 13.5. The monoisotopic (exact) mass is 795 g/mol. The van der Waals surface area contributed by atoms with E-state index >= 15 is 0 Å². The molecule has 0 radical (unpaired) electrons. The number of Topliss-reactive ketones (excluding diaryl/α,β-unsaturated/α-hetero) is 1. The minimum absolute atomic E-state index is 0.0491. The summed E-state index contributed by atoms with van der Waals surface area (Å²) in [5.41, 5.74) is 22.3. The summed E-state index contributed by atoms with van der Waals surface area (Å²) in [4.78, 5) is 75.7. The van der Waals surface area contributed by atoms with Gasteiger partial charge in [0.25, 0.3) is 0 Å². The van der Waals surface area contributed by atoms with Crippen LogP contribution in [0.1, 0.15) is 187 Å². The Morgan fingerprint density at radius 3 is 1.36 bits per heavy atom. The SMILES string of the molecule is CCCCCCCCCCCC(=O)NC(CCCCN)C(=O)NC(CCCCN)C(=O)CCCCCC(=O)NCCCCCC(=O)NC(CCCCN)C(N)=O. The van der Waals surface area contributed by atoms with Gasteiger partial charge in [0.05, 0.1) is 6.04 Å². The number of hydrogen-bond acceptors (Lipinski definition) is 9. The highest BCUT2D eigenvalue weighted by Crippen LogP contribution is 2.13. The normalized spacial score (nSPS) is 12.7. The van der Waals surface area contributed by atoms with Crippen LogP contribution in [0.4, 0.5) is 0 Å². The van der Waals surface area contributed by atoms with Crippen molar-refractivity contribution in [2.24, 2.45) is 22.9 Å². The fourth-order valence-electron chi connectivity index (χ4n) is 6.59. The lowest BCUT2D eigenvalue weighted by Gasteiger charge is -2.23. The Labute approximate surface area is 338 Å². The number of unbranched alkanes of at least 4 members (excludes halogenated alkanes) is 15. The number of amides is 5. The number of primary amides is 1. The van der Waals surface area contributed by atoms with Gasteiger partial charge < -0.3 is 44.2 Å². The van der Waals surface area contributed by atoms with E-state index < -0.39 is 24.0 Å². The van der Waals surface area contributed by atoms with Crippen LogP contribution in [0.2, 0.25) is 0 Å². The standard InChI is InChI=1S/C42H82N8O6/c1-2-3-4-5-6-7-8-9-13-28-40(54)49-36(25-18-21-32-45)42(56)50-34(23-16-19-30-43)37(51)26-12-10-14-27-38(52)47-33-22-11-15-29-39(53)48-35(41(46)55)24-17-20-31-44/h34-36H,2-33,43-45H2,1H3,(H2,46,55)(H,47,52)(H,48,53)(H,49,54)(H,50,56). The molecular formula is C42H82N8O6. The van der Waals surface area contributed by atoms with Crippen molar-refractivity contribution in [1.82, 2.24) is 21.3 Å². The van der Waals surface area contributed by atoms with E-state index in [1.807, 2.05) is 0 Å². The number of rotatable bonds is 40. The predicted molar refractivity (Wildman–Crippen MR) is 225 cm³/mol. The van der Waals surface area contributed by atoms with Crippen molar-refractivity contribution in [3.05, 3.63) is 0 Å². The number of carbonyl (C=O) groups excluding carboxylic acids is 6. The van der Waals surface area contributed by atoms with Gasteiger partial charge in [-0.25, -0.2) is 0 Å². The van der Waals surface area contributed by atoms with Crippen molar-refractivity contribution in [2.45, 2.75) is 205 Å². The Bertz CT molecular complexity index is 1060. The molecule has 3 atom stereocenters. The Morgan fingerprint density at radius 1 is 0.429 bits per heavy atom. The van der Waals surface area contributed by atoms with Crippen molar-refractivity contribution < 1.29 is 28.8 Å². The van der Waals surface area contributed by atoms with Crippen LogP contribution < -0.4 is 44.2 Å². The van der Waals surface area contributed by atoms with Gasteiger partial charge in [-0.15, -0.1) is 0 Å². The molecule has 0 saturated carbocycles. The first-order chi connectivity index (χ1) is 27.1. The van der Waals surface area contributed by atoms with Crippen LogP contribution in [0, 0.1) is 0 Å². The lowest BCUT2D eigenvalue weighted by atomic mass is 9.99. The van der Waals surface area contributed by atoms with E-state index in [0.717, 1.165) is 57.8 Å². The van der Waals surface area contributed by atoms with Crippen molar-refractivity contribution in [3.8, 4) is 0 Å². The van der Waals surface area contributed by atoms with E-state index in [1.165, 1.54) is 38.5 Å². The Balaban J connectivity index is 4.59. The van der Waals surface area contributed by atoms with Crippen LogP contribution in [-0.2, 0) is 28.8 Å². The molecule has 0 saturated heterocycles. The van der Waals surface area contributed by atoms with Gasteiger partial charge in [0.2, 0.25) is 29.5 Å². The minimum Gasteiger partial charge on any atom is -0.368 e. The van der Waals surface area contributed by atoms with Gasteiger partial charge in [-0.1, -0.05) is 71.1 Å². The third-order valence-corrected chi connectivity index (χ3v) is 10.1. The van der Waals surface area contributed by atoms with E-state index in [2.05, 4.69) is 28.2 Å². The Kier molecular flexibility index (Phi) is 35.4. The van der Waals surface area contributed by atoms with E-state index in [4.69, 9.17) is 22.9 Å². The topological polar surface area (TPSA) is 255 Å². The molecule has 14 heteroatoms. The lowest BCUT2D eigenvalue weighted by molar-refractivity contribution is -0.132. The summed E-state index contributed by atoms with van der Waals surface area (Å²) >= 11 is 0. The molecule has 0 aromatic rings. The Morgan fingerprint density at radius 2 is 0.839 bits per heavy atom. The summed E-state index contributed by atoms with van der Waals surface area (Å²) < 4.78 is 0. The quantitative estimate of drug-likeness (QED) is 0.0408. The largest absolute Gasteiger partial charge is 0.368 e. The summed E-state index contributed by atoms with van der Waals surface area (Å²) in [6, 6.07) is -2.04. The second-order valence-corrected chi connectivity index (χ2v) is 15.3. The van der Waals surface area contributed by atoms with E-state index in [-0.39, 0.29) is 35.8 Å². The molecule has 0 aliphatic carbocycles. The number of nitrogens with one attached hydrogen (secondary N) is 4. The van der Waals surface area contributed by atoms with Crippen LogP contribution in [0.25, 0.3) is 0 Å². The molecule has 14 nitrogen and oxygen atoms in total. The zero-order chi connectivity index (χ0) is 41.7. The lowest BCUT2D eigenvalue weighted by Crippen LogP contribution is -2.51. The van der Waals surface area contributed by atoms with E-state index in [1.54, 1.807) is 0 Å². The van der Waals surface area contributed by atoms with Gasteiger partial charge in [-0.05, 0) is 110 Å². The fraction of sp³-hybridized carbons (Fsp3) is 0.857. The molecule has 0 aromatic heterocycles. The Hall–Kier alpha value is -3.10. The molecule has 0 rings (SSSR count). The van der Waals surface area contributed by atoms with Gasteiger partial charge in [-0.2, -0.15) is 0 Å². The average molecular weight is 795 g/mol. The maximum atomic E-state index is 13.5. The first-order valence-corrected chi connectivity index (χ1v) is 22.2. The number of ketones is 1. The molecule has 0 fully saturated rings. The van der Waals surface area contributed by atoms with Crippen LogP contribution in [0.3, 0.4) is 0 Å². The van der Waals surface area contributed by atoms with Crippen LogP contribution in [0.15, 0.2) is 0 Å². The molecule has 0 bridgehead atoms. The second kappa shape index (κ2) is 37.5. The summed E-state index contributed by atoms with van der Waals surface area (Å²) in [5, 5.41) is 11.5. The predicted octanol–water partition coefficient (Wildman–Crippen LogP) is 4.43. The summed E-state index contributed by atoms with van der Waals surface area (Å²) in [5.74, 6) is -1.33. The average Bonchev–Trinajstić information content (AvgIpc) is 3.17. The molecule has 0 aliphatic rings. The highest BCUT2D eigenvalue weighted by molar-refractivity contribution is 5.92. The van der Waals surface area contributed by atoms with Crippen molar-refractivity contribution in [2.75, 3.05) is 26.2 Å². The fourth-order valence-corrected chi connectivity index (χ4v) is 6.59. The van der Waals surface area contributed by atoms with Crippen LogP contribution in [0.5, 0.6) is 0 Å². The molecule has 326 valence electrons. The maximum Gasteiger partial charge on any atom is 0.243 e. The zero-order valence-corrected chi connectivity index (χ0v) is 35.1. The molecule has 0 heterocycles. The van der Waals surface area contributed by atoms with Gasteiger partial charge >= 0.3 is 0 Å². The summed E-state index contributed by atoms with van der Waals surface area (Å²) in [7, 11) is 0. The molecule has 56 heavy (non-hydrogen) atoms. The van der Waals surface area contributed by atoms with Crippen molar-refractivity contribution in [3.63, 3.8) is 0 Å². The molecule has 0 aliphatic heterocycles. The highest BCUT2D eigenvalue weighted by Gasteiger charge is 2.26. The highest BCUT2D eigenvalue weighted by atomic mass is 16.2. The molecule has 0 spiro atoms. The van der Waals surface area contributed by atoms with Crippen molar-refractivity contribution >= 4 is 35.3 Å². The van der Waals surface area contributed by atoms with E-state index in [9.17, 15) is 28.8 Å². The van der Waals surface area contributed by atoms with Gasteiger partial charge in [0, 0.05) is 32.2 Å². The van der Waals surface area contributed by atoms with Gasteiger partial charge in [0.15, 0.2) is 5.78 Å². The number of carbonyl (C=O) groups is 6. The number of nitrogens with two attached hydrogens (primary N) is 4. The van der Waals surface area contributed by atoms with Gasteiger partial charge in [-0.3, -0.25) is 28.8 Å². The first kappa shape index (κ1) is 52.9. The smallest absolute Gasteiger partial charge is 0.243 e. The van der Waals surface area contributed by atoms with Crippen LogP contribution >= 0.6 is 0 Å². The molecule has 5 amide bonds.